The van der Waals surface area contributed by atoms with E-state index in [4.69, 9.17) is 5.73 Å². The Bertz CT molecular complexity index is 356. The molecular formula is C11H18N4O. The Morgan fingerprint density at radius 1 is 1.69 bits per heavy atom. The van der Waals surface area contributed by atoms with E-state index in [0.717, 1.165) is 25.3 Å². The lowest BCUT2D eigenvalue weighted by molar-refractivity contribution is 0.127. The molecule has 1 aromatic rings. The molecule has 0 spiro atoms. The van der Waals surface area contributed by atoms with E-state index in [9.17, 15) is 5.11 Å². The van der Waals surface area contributed by atoms with E-state index in [0.29, 0.717) is 18.3 Å². The highest BCUT2D eigenvalue weighted by Gasteiger charge is 2.26. The minimum Gasteiger partial charge on any atom is -0.393 e. The average Bonchev–Trinajstić information content (AvgIpc) is 2.66. The molecule has 1 saturated heterocycles. The van der Waals surface area contributed by atoms with Crippen molar-refractivity contribution in [2.45, 2.75) is 26.0 Å². The van der Waals surface area contributed by atoms with Crippen LogP contribution in [0.25, 0.3) is 0 Å². The second kappa shape index (κ2) is 4.76. The molecule has 0 bridgehead atoms. The van der Waals surface area contributed by atoms with Gasteiger partial charge >= 0.3 is 0 Å². The van der Waals surface area contributed by atoms with Gasteiger partial charge in [0.05, 0.1) is 12.6 Å². The van der Waals surface area contributed by atoms with Crippen molar-refractivity contribution in [2.75, 3.05) is 18.8 Å². The number of nitrogens with two attached hydrogens (primary N) is 1. The maximum atomic E-state index is 9.50. The van der Waals surface area contributed by atoms with E-state index in [-0.39, 0.29) is 6.10 Å². The van der Waals surface area contributed by atoms with Crippen LogP contribution in [-0.2, 0) is 6.54 Å². The molecule has 3 N–H and O–H groups in total. The van der Waals surface area contributed by atoms with Crippen molar-refractivity contribution in [3.63, 3.8) is 0 Å². The van der Waals surface area contributed by atoms with Crippen LogP contribution in [-0.4, -0.2) is 39.2 Å². The third-order valence-electron chi connectivity index (χ3n) is 3.08. The van der Waals surface area contributed by atoms with Crippen molar-refractivity contribution in [2.24, 2.45) is 5.92 Å². The predicted octanol–water partition coefficient (Wildman–Crippen LogP) is 0.261. The molecule has 16 heavy (non-hydrogen) atoms. The van der Waals surface area contributed by atoms with Crippen LogP contribution >= 0.6 is 0 Å². The van der Waals surface area contributed by atoms with E-state index in [1.165, 1.54) is 0 Å². The fourth-order valence-corrected chi connectivity index (χ4v) is 2.09. The highest BCUT2D eigenvalue weighted by Crippen LogP contribution is 2.20. The van der Waals surface area contributed by atoms with Crippen molar-refractivity contribution < 1.29 is 5.11 Å². The van der Waals surface area contributed by atoms with Gasteiger partial charge in [0, 0.05) is 12.7 Å². The number of hydrogen-bond acceptors (Lipinski definition) is 5. The molecule has 2 rings (SSSR count). The largest absolute Gasteiger partial charge is 0.393 e. The molecule has 5 nitrogen and oxygen atoms in total. The first-order valence-corrected chi connectivity index (χ1v) is 5.63. The molecule has 0 saturated carbocycles. The molecule has 0 aromatic carbocycles. The van der Waals surface area contributed by atoms with Crippen molar-refractivity contribution in [3.8, 4) is 0 Å². The number of aromatic nitrogens is 2. The number of likely N-dealkylation sites (tertiary alicyclic amines) is 1. The Labute approximate surface area is 95.3 Å². The van der Waals surface area contributed by atoms with Gasteiger partial charge in [-0.3, -0.25) is 4.90 Å². The van der Waals surface area contributed by atoms with Gasteiger partial charge in [0.15, 0.2) is 0 Å². The Kier molecular flexibility index (Phi) is 3.36. The topological polar surface area (TPSA) is 75.3 Å². The van der Waals surface area contributed by atoms with Crippen LogP contribution in [0.5, 0.6) is 0 Å². The monoisotopic (exact) mass is 222 g/mol. The second-order valence-electron chi connectivity index (χ2n) is 4.42. The van der Waals surface area contributed by atoms with Crippen LogP contribution in [0.15, 0.2) is 12.3 Å². The molecule has 2 unspecified atom stereocenters. The molecule has 1 aliphatic heterocycles. The molecule has 0 aliphatic carbocycles. The van der Waals surface area contributed by atoms with Crippen molar-refractivity contribution in [1.82, 2.24) is 14.9 Å². The summed E-state index contributed by atoms with van der Waals surface area (Å²) in [5.41, 5.74) is 5.60. The molecule has 0 radical (unpaired) electrons. The maximum Gasteiger partial charge on any atom is 0.144 e. The smallest absolute Gasteiger partial charge is 0.144 e. The van der Waals surface area contributed by atoms with E-state index < -0.39 is 0 Å². The summed E-state index contributed by atoms with van der Waals surface area (Å²) in [6, 6.07) is 1.69. The molecule has 5 heteroatoms. The standard InChI is InChI=1S/C11H18N4O/c1-8(16)9-3-5-15(6-9)7-11-13-4-2-10(12)14-11/h2,4,8-9,16H,3,5-7H2,1H3,(H2,12,13,14). The van der Waals surface area contributed by atoms with Gasteiger partial charge in [-0.15, -0.1) is 0 Å². The summed E-state index contributed by atoms with van der Waals surface area (Å²) >= 11 is 0. The number of aliphatic hydroxyl groups excluding tert-OH is 1. The molecule has 0 amide bonds. The molecule has 88 valence electrons. The molecule has 1 aromatic heterocycles. The highest BCUT2D eigenvalue weighted by atomic mass is 16.3. The summed E-state index contributed by atoms with van der Waals surface area (Å²) in [5, 5.41) is 9.50. The van der Waals surface area contributed by atoms with Gasteiger partial charge in [0.2, 0.25) is 0 Å². The van der Waals surface area contributed by atoms with Crippen LogP contribution < -0.4 is 5.73 Å². The number of aliphatic hydroxyl groups is 1. The maximum absolute atomic E-state index is 9.50. The van der Waals surface area contributed by atoms with Gasteiger partial charge in [0.25, 0.3) is 0 Å². The summed E-state index contributed by atoms with van der Waals surface area (Å²) in [6.07, 6.45) is 2.49. The first kappa shape index (κ1) is 11.3. The number of nitrogens with zero attached hydrogens (tertiary/aromatic N) is 3. The zero-order valence-corrected chi connectivity index (χ0v) is 9.50. The fourth-order valence-electron chi connectivity index (χ4n) is 2.09. The third-order valence-corrected chi connectivity index (χ3v) is 3.08. The van der Waals surface area contributed by atoms with E-state index in [1.807, 2.05) is 6.92 Å². The zero-order chi connectivity index (χ0) is 11.5. The number of hydrogen-bond donors (Lipinski definition) is 2. The third kappa shape index (κ3) is 2.68. The zero-order valence-electron chi connectivity index (χ0n) is 9.50. The summed E-state index contributed by atoms with van der Waals surface area (Å²) in [4.78, 5) is 10.6. The highest BCUT2D eigenvalue weighted by molar-refractivity contribution is 5.24. The Balaban J connectivity index is 1.92. The lowest BCUT2D eigenvalue weighted by atomic mass is 10.0. The first-order valence-electron chi connectivity index (χ1n) is 5.63. The van der Waals surface area contributed by atoms with Gasteiger partial charge < -0.3 is 10.8 Å². The molecular weight excluding hydrogens is 204 g/mol. The van der Waals surface area contributed by atoms with Crippen LogP contribution in [0.3, 0.4) is 0 Å². The van der Waals surface area contributed by atoms with Gasteiger partial charge in [-0.05, 0) is 31.9 Å². The van der Waals surface area contributed by atoms with E-state index in [2.05, 4.69) is 14.9 Å². The van der Waals surface area contributed by atoms with Crippen molar-refractivity contribution in [3.05, 3.63) is 18.1 Å². The summed E-state index contributed by atoms with van der Waals surface area (Å²) in [5.74, 6) is 1.64. The predicted molar refractivity (Wildman–Crippen MR) is 61.5 cm³/mol. The number of anilines is 1. The van der Waals surface area contributed by atoms with Crippen molar-refractivity contribution >= 4 is 5.82 Å². The average molecular weight is 222 g/mol. The first-order chi connectivity index (χ1) is 7.65. The molecule has 1 fully saturated rings. The molecule has 2 atom stereocenters. The second-order valence-corrected chi connectivity index (χ2v) is 4.42. The summed E-state index contributed by atoms with van der Waals surface area (Å²) in [7, 11) is 0. The molecule has 1 aliphatic rings. The van der Waals surface area contributed by atoms with Crippen LogP contribution in [0.4, 0.5) is 5.82 Å². The van der Waals surface area contributed by atoms with Gasteiger partial charge in [-0.1, -0.05) is 0 Å². The van der Waals surface area contributed by atoms with Gasteiger partial charge in [-0.25, -0.2) is 9.97 Å². The van der Waals surface area contributed by atoms with Crippen LogP contribution in [0.2, 0.25) is 0 Å². The quantitative estimate of drug-likeness (QED) is 0.767. The minimum atomic E-state index is -0.230. The summed E-state index contributed by atoms with van der Waals surface area (Å²) in [6.45, 7) is 4.48. The van der Waals surface area contributed by atoms with Crippen LogP contribution in [0.1, 0.15) is 19.2 Å². The SMILES string of the molecule is CC(O)C1CCN(Cc2nccc(N)n2)C1. The summed E-state index contributed by atoms with van der Waals surface area (Å²) < 4.78 is 0. The van der Waals surface area contributed by atoms with Gasteiger partial charge in [0.1, 0.15) is 11.6 Å². The number of nitrogen functional groups attached to an aromatic ring is 1. The lowest BCUT2D eigenvalue weighted by Crippen LogP contribution is -2.24. The van der Waals surface area contributed by atoms with E-state index in [1.54, 1.807) is 12.3 Å². The van der Waals surface area contributed by atoms with E-state index >= 15 is 0 Å². The Hall–Kier alpha value is -1.20. The van der Waals surface area contributed by atoms with Crippen molar-refractivity contribution in [1.29, 1.82) is 0 Å². The Morgan fingerprint density at radius 3 is 3.12 bits per heavy atom. The minimum absolute atomic E-state index is 0.230. The number of rotatable bonds is 3. The van der Waals surface area contributed by atoms with Crippen LogP contribution in [0, 0.1) is 5.92 Å². The lowest BCUT2D eigenvalue weighted by Gasteiger charge is -2.16. The Morgan fingerprint density at radius 2 is 2.50 bits per heavy atom. The fraction of sp³-hybridized carbons (Fsp3) is 0.636. The van der Waals surface area contributed by atoms with Gasteiger partial charge in [-0.2, -0.15) is 0 Å². The normalized spacial score (nSPS) is 23.5. The molecule has 2 heterocycles.